The number of aromatic nitrogens is 4. The molecule has 1 aliphatic rings. The van der Waals surface area contributed by atoms with E-state index in [1.807, 2.05) is 36.4 Å². The summed E-state index contributed by atoms with van der Waals surface area (Å²) in [5.41, 5.74) is 7.35. The number of rotatable bonds is 7. The highest BCUT2D eigenvalue weighted by molar-refractivity contribution is 5.80. The number of hydroxylamine groups is 3. The van der Waals surface area contributed by atoms with Gasteiger partial charge in [-0.1, -0.05) is 62.4 Å². The molecule has 8 heteroatoms. The highest BCUT2D eigenvalue weighted by Crippen LogP contribution is 2.30. The van der Waals surface area contributed by atoms with Gasteiger partial charge in [-0.15, -0.1) is 5.10 Å². The van der Waals surface area contributed by atoms with E-state index in [1.54, 1.807) is 0 Å². The lowest BCUT2D eigenvalue weighted by atomic mass is 9.98. The molecule has 1 saturated heterocycles. The zero-order valence-electron chi connectivity index (χ0n) is 16.9. The minimum Gasteiger partial charge on any atom is -0.631 e. The van der Waals surface area contributed by atoms with E-state index in [9.17, 15) is 5.21 Å². The largest absolute Gasteiger partial charge is 0.631 e. The van der Waals surface area contributed by atoms with Crippen molar-refractivity contribution in [3.63, 3.8) is 0 Å². The first kappa shape index (κ1) is 19.7. The van der Waals surface area contributed by atoms with E-state index < -0.39 is 0 Å². The summed E-state index contributed by atoms with van der Waals surface area (Å²) >= 11 is 0. The summed E-state index contributed by atoms with van der Waals surface area (Å²) in [5.74, 6) is 1.27. The van der Waals surface area contributed by atoms with E-state index in [0.29, 0.717) is 31.6 Å². The summed E-state index contributed by atoms with van der Waals surface area (Å²) in [6, 6.07) is 16.2. The topological polar surface area (TPSA) is 92.8 Å². The van der Waals surface area contributed by atoms with Crippen LogP contribution < -0.4 is 5.43 Å². The molecule has 29 heavy (non-hydrogen) atoms. The van der Waals surface area contributed by atoms with Crippen LogP contribution in [0.4, 0.5) is 0 Å². The van der Waals surface area contributed by atoms with Crippen molar-refractivity contribution in [1.29, 1.82) is 0 Å². The Hall–Kier alpha value is -2.65. The van der Waals surface area contributed by atoms with Crippen LogP contribution in [-0.2, 0) is 6.54 Å². The molecule has 0 spiro atoms. The molecule has 1 unspecified atom stereocenters. The molecule has 0 radical (unpaired) electrons. The van der Waals surface area contributed by atoms with Crippen LogP contribution in [0.3, 0.4) is 0 Å². The average molecular weight is 393 g/mol. The fourth-order valence-corrected chi connectivity index (χ4v) is 3.65. The number of aromatic amines is 1. The molecule has 3 aromatic rings. The van der Waals surface area contributed by atoms with Gasteiger partial charge < -0.3 is 9.85 Å². The molecule has 152 valence electrons. The summed E-state index contributed by atoms with van der Waals surface area (Å²) in [4.78, 5) is 0. The maximum atomic E-state index is 13.1. The fraction of sp³-hybridized carbons (Fsp3) is 0.381. The molecule has 0 saturated carbocycles. The minimum absolute atomic E-state index is 0.266. The quantitative estimate of drug-likeness (QED) is 0.473. The van der Waals surface area contributed by atoms with Gasteiger partial charge in [0.05, 0.1) is 0 Å². The number of quaternary nitrogens is 1. The first-order chi connectivity index (χ1) is 14.0. The van der Waals surface area contributed by atoms with Crippen LogP contribution in [-0.4, -0.2) is 50.2 Å². The molecule has 1 fully saturated rings. The Labute approximate surface area is 170 Å². The summed E-state index contributed by atoms with van der Waals surface area (Å²) in [5, 5.41) is 29.4. The van der Waals surface area contributed by atoms with Crippen molar-refractivity contribution in [3.8, 4) is 22.5 Å². The number of hydrogen-bond acceptors (Lipinski definition) is 6. The molecule has 0 amide bonds. The first-order valence-electron chi connectivity index (χ1n) is 10.0. The van der Waals surface area contributed by atoms with Crippen LogP contribution in [0.1, 0.15) is 25.8 Å². The number of hydrogen-bond donors (Lipinski definition) is 2. The summed E-state index contributed by atoms with van der Waals surface area (Å²) in [6.45, 7) is 6.67. The maximum Gasteiger partial charge on any atom is 0.180 e. The van der Waals surface area contributed by atoms with Crippen molar-refractivity contribution in [2.75, 3.05) is 19.9 Å². The van der Waals surface area contributed by atoms with E-state index in [2.05, 4.69) is 57.0 Å². The molecule has 2 aromatic carbocycles. The third kappa shape index (κ3) is 4.68. The second-order valence-electron chi connectivity index (χ2n) is 8.11. The van der Waals surface area contributed by atoms with Gasteiger partial charge in [-0.2, -0.15) is 5.01 Å². The van der Waals surface area contributed by atoms with Crippen molar-refractivity contribution in [3.05, 3.63) is 59.3 Å². The molecule has 2 heterocycles. The van der Waals surface area contributed by atoms with Gasteiger partial charge in [0.1, 0.15) is 19.9 Å². The fourth-order valence-electron chi connectivity index (χ4n) is 3.65. The molecule has 0 bridgehead atoms. The Bertz CT molecular complexity index is 926. The second kappa shape index (κ2) is 8.38. The van der Waals surface area contributed by atoms with Gasteiger partial charge in [0, 0.05) is 17.7 Å². The van der Waals surface area contributed by atoms with E-state index in [-0.39, 0.29) is 4.65 Å². The Morgan fingerprint density at radius 1 is 1.10 bits per heavy atom. The van der Waals surface area contributed by atoms with Crippen LogP contribution in [0.15, 0.2) is 48.5 Å². The normalized spacial score (nSPS) is 19.9. The zero-order chi connectivity index (χ0) is 20.3. The van der Waals surface area contributed by atoms with Crippen LogP contribution in [0.2, 0.25) is 0 Å². The molecule has 1 aromatic heterocycles. The van der Waals surface area contributed by atoms with E-state index in [4.69, 9.17) is 0 Å². The molecule has 1 aliphatic heterocycles. The molecular weight excluding hydrogens is 366 g/mol. The maximum absolute atomic E-state index is 13.1. The van der Waals surface area contributed by atoms with Gasteiger partial charge in [0.2, 0.25) is 0 Å². The highest BCUT2D eigenvalue weighted by atomic mass is 16.6. The smallest absolute Gasteiger partial charge is 0.180 e. The molecule has 4 rings (SSSR count). The standard InChI is InChI=1S/C21H27N7O/c1-16(2)11-12-27-15-28(29,14-22-27)13-17-7-9-18(10-8-17)19-5-3-4-6-20(19)21-23-25-26-24-21/h3-10,16,22H,11-15H2,1-2H3,(H,23,24,25,26). The lowest BCUT2D eigenvalue weighted by molar-refractivity contribution is -0.887. The second-order valence-corrected chi connectivity index (χ2v) is 8.11. The Balaban J connectivity index is 1.46. The summed E-state index contributed by atoms with van der Waals surface area (Å²) in [7, 11) is 0. The van der Waals surface area contributed by atoms with Gasteiger partial charge in [-0.05, 0) is 33.9 Å². The molecule has 2 N–H and O–H groups in total. The Morgan fingerprint density at radius 3 is 2.55 bits per heavy atom. The van der Waals surface area contributed by atoms with Crippen molar-refractivity contribution < 1.29 is 4.65 Å². The highest BCUT2D eigenvalue weighted by Gasteiger charge is 2.29. The lowest BCUT2D eigenvalue weighted by Gasteiger charge is -2.37. The third-order valence-electron chi connectivity index (χ3n) is 5.25. The van der Waals surface area contributed by atoms with E-state index in [1.165, 1.54) is 0 Å². The predicted octanol–water partition coefficient (Wildman–Crippen LogP) is 3.13. The van der Waals surface area contributed by atoms with Crippen LogP contribution in [0, 0.1) is 11.1 Å². The molecule has 0 aliphatic carbocycles. The number of nitrogens with one attached hydrogen (secondary N) is 2. The Kier molecular flexibility index (Phi) is 5.68. The zero-order valence-corrected chi connectivity index (χ0v) is 16.9. The van der Waals surface area contributed by atoms with Gasteiger partial charge in [0.15, 0.2) is 5.82 Å². The summed E-state index contributed by atoms with van der Waals surface area (Å²) in [6.07, 6.45) is 1.09. The van der Waals surface area contributed by atoms with Crippen molar-refractivity contribution >= 4 is 0 Å². The van der Waals surface area contributed by atoms with E-state index >= 15 is 0 Å². The lowest BCUT2D eigenvalue weighted by Crippen LogP contribution is -2.40. The molecule has 1 atom stereocenters. The van der Waals surface area contributed by atoms with Gasteiger partial charge >= 0.3 is 0 Å². The van der Waals surface area contributed by atoms with Crippen LogP contribution in [0.25, 0.3) is 22.5 Å². The average Bonchev–Trinajstić information content (AvgIpc) is 3.37. The van der Waals surface area contributed by atoms with Crippen LogP contribution >= 0.6 is 0 Å². The van der Waals surface area contributed by atoms with Gasteiger partial charge in [-0.25, -0.2) is 10.5 Å². The number of tetrazole rings is 1. The van der Waals surface area contributed by atoms with E-state index in [0.717, 1.165) is 35.2 Å². The van der Waals surface area contributed by atoms with Gasteiger partial charge in [-0.3, -0.25) is 0 Å². The predicted molar refractivity (Wildman–Crippen MR) is 111 cm³/mol. The van der Waals surface area contributed by atoms with Crippen molar-refractivity contribution in [2.24, 2.45) is 5.92 Å². The first-order valence-corrected chi connectivity index (χ1v) is 10.0. The number of hydrazine groups is 1. The third-order valence-corrected chi connectivity index (χ3v) is 5.25. The Morgan fingerprint density at radius 2 is 1.86 bits per heavy atom. The van der Waals surface area contributed by atoms with Crippen LogP contribution in [0.5, 0.6) is 0 Å². The number of nitrogens with zero attached hydrogens (tertiary/aromatic N) is 5. The SMILES string of the molecule is CC(C)CCN1C[N+]([O-])(Cc2ccc(-c3ccccc3-c3nnn[nH]3)cc2)CN1. The molecule has 8 nitrogen and oxygen atoms in total. The van der Waals surface area contributed by atoms with Crippen molar-refractivity contribution in [1.82, 2.24) is 31.1 Å². The van der Waals surface area contributed by atoms with Crippen molar-refractivity contribution in [2.45, 2.75) is 26.8 Å². The monoisotopic (exact) mass is 393 g/mol. The number of benzene rings is 2. The number of H-pyrrole nitrogens is 1. The van der Waals surface area contributed by atoms with Gasteiger partial charge in [0.25, 0.3) is 0 Å². The minimum atomic E-state index is -0.266. The molecular formula is C21H27N7O. The summed E-state index contributed by atoms with van der Waals surface area (Å²) < 4.78 is -0.266.